The van der Waals surface area contributed by atoms with Crippen molar-refractivity contribution in [3.8, 4) is 0 Å². The molecule has 0 fully saturated rings. The highest BCUT2D eigenvalue weighted by Gasteiger charge is 2.13. The highest BCUT2D eigenvalue weighted by molar-refractivity contribution is 5.19. The first kappa shape index (κ1) is 7.80. The van der Waals surface area contributed by atoms with E-state index in [0.717, 1.165) is 19.5 Å². The minimum absolute atomic E-state index is 0.735. The number of aromatic nitrogens is 2. The van der Waals surface area contributed by atoms with Crippen molar-refractivity contribution in [1.82, 2.24) is 9.78 Å². The van der Waals surface area contributed by atoms with Crippen molar-refractivity contribution in [3.05, 3.63) is 17.5 Å². The van der Waals surface area contributed by atoms with Gasteiger partial charge in [0, 0.05) is 12.2 Å². The van der Waals surface area contributed by atoms with Crippen LogP contribution in [0.1, 0.15) is 24.1 Å². The first-order valence-corrected chi connectivity index (χ1v) is 4.65. The lowest BCUT2D eigenvalue weighted by Gasteiger charge is -2.14. The van der Waals surface area contributed by atoms with Crippen molar-refractivity contribution < 1.29 is 0 Å². The van der Waals surface area contributed by atoms with E-state index < -0.39 is 0 Å². The molecule has 0 amide bonds. The molecule has 1 aromatic heterocycles. The summed E-state index contributed by atoms with van der Waals surface area (Å²) in [6, 6.07) is 0. The zero-order chi connectivity index (χ0) is 8.39. The SMILES string of the molecule is NCCc1cnn2c1CCCC2. The Balaban J connectivity index is 2.25. The Kier molecular flexibility index (Phi) is 2.13. The van der Waals surface area contributed by atoms with Crippen LogP contribution in [0.2, 0.25) is 0 Å². The van der Waals surface area contributed by atoms with Crippen LogP contribution in [0.3, 0.4) is 0 Å². The van der Waals surface area contributed by atoms with Gasteiger partial charge in [-0.15, -0.1) is 0 Å². The van der Waals surface area contributed by atoms with Crippen LogP contribution in [0, 0.1) is 0 Å². The number of nitrogens with two attached hydrogens (primary N) is 1. The van der Waals surface area contributed by atoms with Crippen molar-refractivity contribution in [2.24, 2.45) is 5.73 Å². The van der Waals surface area contributed by atoms with Gasteiger partial charge in [0.2, 0.25) is 0 Å². The largest absolute Gasteiger partial charge is 0.330 e. The topological polar surface area (TPSA) is 43.8 Å². The quantitative estimate of drug-likeness (QED) is 0.701. The summed E-state index contributed by atoms with van der Waals surface area (Å²) in [7, 11) is 0. The third-order valence-electron chi connectivity index (χ3n) is 2.48. The maximum Gasteiger partial charge on any atom is 0.0525 e. The number of fused-ring (bicyclic) bond motifs is 1. The predicted molar refractivity (Wildman–Crippen MR) is 47.9 cm³/mol. The van der Waals surface area contributed by atoms with Crippen LogP contribution in [-0.2, 0) is 19.4 Å². The predicted octanol–water partition coefficient (Wildman–Crippen LogP) is 0.721. The summed E-state index contributed by atoms with van der Waals surface area (Å²) in [5, 5.41) is 4.34. The standard InChI is InChI=1S/C9H15N3/c10-5-4-8-7-11-12-6-2-1-3-9(8)12/h7H,1-6,10H2. The molecule has 1 aliphatic rings. The normalized spacial score (nSPS) is 16.1. The molecule has 0 bridgehead atoms. The van der Waals surface area contributed by atoms with Crippen LogP contribution in [0.15, 0.2) is 6.20 Å². The molecule has 2 rings (SSSR count). The molecule has 3 heteroatoms. The van der Waals surface area contributed by atoms with Crippen LogP contribution in [0.4, 0.5) is 0 Å². The van der Waals surface area contributed by atoms with Gasteiger partial charge in [0.05, 0.1) is 6.20 Å². The number of nitrogens with zero attached hydrogens (tertiary/aromatic N) is 2. The summed E-state index contributed by atoms with van der Waals surface area (Å²) in [6.07, 6.45) is 6.73. The fourth-order valence-corrected chi connectivity index (χ4v) is 1.85. The molecule has 0 saturated heterocycles. The third kappa shape index (κ3) is 1.25. The molecule has 3 nitrogen and oxygen atoms in total. The van der Waals surface area contributed by atoms with Crippen LogP contribution < -0.4 is 5.73 Å². The van der Waals surface area contributed by atoms with Gasteiger partial charge in [-0.1, -0.05) is 0 Å². The van der Waals surface area contributed by atoms with Crippen LogP contribution in [0.25, 0.3) is 0 Å². The van der Waals surface area contributed by atoms with Gasteiger partial charge in [-0.2, -0.15) is 5.10 Å². The Morgan fingerprint density at radius 2 is 2.42 bits per heavy atom. The molecule has 2 N–H and O–H groups in total. The maximum atomic E-state index is 5.52. The summed E-state index contributed by atoms with van der Waals surface area (Å²) < 4.78 is 2.13. The van der Waals surface area contributed by atoms with E-state index in [2.05, 4.69) is 9.78 Å². The Morgan fingerprint density at radius 1 is 1.50 bits per heavy atom. The molecule has 0 atom stereocenters. The van der Waals surface area contributed by atoms with Gasteiger partial charge in [0.15, 0.2) is 0 Å². The van der Waals surface area contributed by atoms with Crippen LogP contribution >= 0.6 is 0 Å². The fourth-order valence-electron chi connectivity index (χ4n) is 1.85. The van der Waals surface area contributed by atoms with E-state index in [-0.39, 0.29) is 0 Å². The molecule has 66 valence electrons. The lowest BCUT2D eigenvalue weighted by molar-refractivity contribution is 0.484. The van der Waals surface area contributed by atoms with Gasteiger partial charge in [-0.05, 0) is 37.8 Å². The summed E-state index contributed by atoms with van der Waals surface area (Å²) >= 11 is 0. The number of rotatable bonds is 2. The summed E-state index contributed by atoms with van der Waals surface area (Å²) in [6.45, 7) is 1.83. The lowest BCUT2D eigenvalue weighted by atomic mass is 10.1. The van der Waals surface area contributed by atoms with E-state index in [4.69, 9.17) is 5.73 Å². The molecule has 0 aliphatic carbocycles. The van der Waals surface area contributed by atoms with E-state index in [1.165, 1.54) is 30.5 Å². The van der Waals surface area contributed by atoms with Gasteiger partial charge in [0.25, 0.3) is 0 Å². The Hall–Kier alpha value is -0.830. The van der Waals surface area contributed by atoms with Crippen LogP contribution in [-0.4, -0.2) is 16.3 Å². The molecule has 0 unspecified atom stereocenters. The van der Waals surface area contributed by atoms with Gasteiger partial charge in [-0.25, -0.2) is 0 Å². The smallest absolute Gasteiger partial charge is 0.0525 e. The molecule has 1 aliphatic heterocycles. The molecule has 2 heterocycles. The van der Waals surface area contributed by atoms with Gasteiger partial charge in [-0.3, -0.25) is 4.68 Å². The zero-order valence-corrected chi connectivity index (χ0v) is 7.29. The van der Waals surface area contributed by atoms with E-state index in [0.29, 0.717) is 0 Å². The molecule has 0 radical (unpaired) electrons. The minimum atomic E-state index is 0.735. The van der Waals surface area contributed by atoms with E-state index in [9.17, 15) is 0 Å². The summed E-state index contributed by atoms with van der Waals surface area (Å²) in [5.74, 6) is 0. The molecular formula is C9H15N3. The minimum Gasteiger partial charge on any atom is -0.330 e. The second kappa shape index (κ2) is 3.27. The number of hydrogen-bond donors (Lipinski definition) is 1. The second-order valence-electron chi connectivity index (χ2n) is 3.34. The zero-order valence-electron chi connectivity index (χ0n) is 7.29. The van der Waals surface area contributed by atoms with Gasteiger partial charge < -0.3 is 5.73 Å². The van der Waals surface area contributed by atoms with Gasteiger partial charge in [0.1, 0.15) is 0 Å². The highest BCUT2D eigenvalue weighted by Crippen LogP contribution is 2.17. The van der Waals surface area contributed by atoms with Crippen molar-refractivity contribution in [2.75, 3.05) is 6.54 Å². The number of aryl methyl sites for hydroxylation is 1. The molecule has 0 saturated carbocycles. The third-order valence-corrected chi connectivity index (χ3v) is 2.48. The molecule has 0 spiro atoms. The summed E-state index contributed by atoms with van der Waals surface area (Å²) in [4.78, 5) is 0. The Morgan fingerprint density at radius 3 is 3.25 bits per heavy atom. The monoisotopic (exact) mass is 165 g/mol. The maximum absolute atomic E-state index is 5.52. The number of hydrogen-bond acceptors (Lipinski definition) is 2. The fraction of sp³-hybridized carbons (Fsp3) is 0.667. The van der Waals surface area contributed by atoms with E-state index >= 15 is 0 Å². The highest BCUT2D eigenvalue weighted by atomic mass is 15.3. The van der Waals surface area contributed by atoms with Crippen molar-refractivity contribution >= 4 is 0 Å². The van der Waals surface area contributed by atoms with Crippen molar-refractivity contribution in [3.63, 3.8) is 0 Å². The van der Waals surface area contributed by atoms with Crippen molar-refractivity contribution in [1.29, 1.82) is 0 Å². The van der Waals surface area contributed by atoms with Crippen LogP contribution in [0.5, 0.6) is 0 Å². The Labute approximate surface area is 72.6 Å². The summed E-state index contributed by atoms with van der Waals surface area (Å²) in [5.41, 5.74) is 8.30. The average molecular weight is 165 g/mol. The molecular weight excluding hydrogens is 150 g/mol. The van der Waals surface area contributed by atoms with E-state index in [1.54, 1.807) is 0 Å². The molecule has 0 aromatic carbocycles. The average Bonchev–Trinajstić information content (AvgIpc) is 2.50. The lowest BCUT2D eigenvalue weighted by Crippen LogP contribution is -2.13. The second-order valence-corrected chi connectivity index (χ2v) is 3.34. The van der Waals surface area contributed by atoms with E-state index in [1.807, 2.05) is 6.20 Å². The van der Waals surface area contributed by atoms with Crippen molar-refractivity contribution in [2.45, 2.75) is 32.2 Å². The van der Waals surface area contributed by atoms with Gasteiger partial charge >= 0.3 is 0 Å². The first-order chi connectivity index (χ1) is 5.92. The Bertz CT molecular complexity index is 265. The molecule has 12 heavy (non-hydrogen) atoms. The first-order valence-electron chi connectivity index (χ1n) is 4.65. The molecule has 1 aromatic rings.